The highest BCUT2D eigenvalue weighted by Crippen LogP contribution is 2.23. The van der Waals surface area contributed by atoms with Gasteiger partial charge in [0.15, 0.2) is 0 Å². The number of aryl methyl sites for hydroxylation is 2. The van der Waals surface area contributed by atoms with Gasteiger partial charge in [0.2, 0.25) is 0 Å². The minimum absolute atomic E-state index is 0.142. The molecule has 34 heavy (non-hydrogen) atoms. The van der Waals surface area contributed by atoms with Gasteiger partial charge in [0.25, 0.3) is 0 Å². The van der Waals surface area contributed by atoms with Crippen LogP contribution in [0, 0.1) is 5.21 Å². The van der Waals surface area contributed by atoms with Crippen LogP contribution in [0.25, 0.3) is 0 Å². The van der Waals surface area contributed by atoms with Crippen molar-refractivity contribution in [2.45, 2.75) is 32.9 Å². The van der Waals surface area contributed by atoms with E-state index in [2.05, 4.69) is 10.00 Å². The zero-order chi connectivity index (χ0) is 24.0. The molecular formula is C25H32ClN5O3. The van der Waals surface area contributed by atoms with Crippen LogP contribution in [-0.4, -0.2) is 58.3 Å². The van der Waals surface area contributed by atoms with Crippen LogP contribution < -0.4 is 15.3 Å². The number of hydroxylamine groups is 3. The summed E-state index contributed by atoms with van der Waals surface area (Å²) < 4.78 is 8.68. The Labute approximate surface area is 205 Å². The predicted octanol–water partition coefficient (Wildman–Crippen LogP) is 3.56. The fourth-order valence-electron chi connectivity index (χ4n) is 4.38. The maximum absolute atomic E-state index is 13.2. The number of ether oxygens (including phenoxy) is 1. The Bertz CT molecular complexity index is 1120. The van der Waals surface area contributed by atoms with E-state index in [-0.39, 0.29) is 10.3 Å². The van der Waals surface area contributed by atoms with E-state index in [0.717, 1.165) is 17.3 Å². The van der Waals surface area contributed by atoms with E-state index < -0.39 is 0 Å². The van der Waals surface area contributed by atoms with Gasteiger partial charge in [-0.2, -0.15) is 5.10 Å². The summed E-state index contributed by atoms with van der Waals surface area (Å²) in [6.07, 6.45) is 1.27. The predicted molar refractivity (Wildman–Crippen MR) is 134 cm³/mol. The number of para-hydroxylation sites is 1. The first-order valence-electron chi connectivity index (χ1n) is 11.9. The van der Waals surface area contributed by atoms with Crippen LogP contribution in [-0.2, 0) is 19.5 Å². The van der Waals surface area contributed by atoms with Crippen LogP contribution in [0.2, 0.25) is 5.02 Å². The van der Waals surface area contributed by atoms with E-state index in [1.54, 1.807) is 4.57 Å². The van der Waals surface area contributed by atoms with Crippen LogP contribution in [0.5, 0.6) is 5.75 Å². The van der Waals surface area contributed by atoms with E-state index in [1.807, 2.05) is 61.5 Å². The number of aromatic nitrogens is 3. The molecule has 1 aliphatic rings. The molecule has 1 saturated heterocycles. The van der Waals surface area contributed by atoms with E-state index >= 15 is 0 Å². The first-order valence-corrected chi connectivity index (χ1v) is 12.3. The lowest BCUT2D eigenvalue weighted by Crippen LogP contribution is -2.56. The average Bonchev–Trinajstić information content (AvgIpc) is 3.15. The Kier molecular flexibility index (Phi) is 7.92. The van der Waals surface area contributed by atoms with Crippen LogP contribution in [0.4, 0.5) is 5.69 Å². The second-order valence-corrected chi connectivity index (χ2v) is 9.07. The summed E-state index contributed by atoms with van der Waals surface area (Å²) in [7, 11) is 0. The molecule has 3 aromatic rings. The topological polar surface area (TPSA) is 75.4 Å². The maximum Gasteiger partial charge on any atom is 0.346 e. The van der Waals surface area contributed by atoms with E-state index in [9.17, 15) is 10.0 Å². The van der Waals surface area contributed by atoms with Gasteiger partial charge in [-0.15, -0.1) is 0 Å². The van der Waals surface area contributed by atoms with Crippen LogP contribution in [0.3, 0.4) is 0 Å². The third-order valence-corrected chi connectivity index (χ3v) is 6.54. The zero-order valence-electron chi connectivity index (χ0n) is 19.6. The normalized spacial score (nSPS) is 15.4. The van der Waals surface area contributed by atoms with Crippen molar-refractivity contribution >= 4 is 17.3 Å². The summed E-state index contributed by atoms with van der Waals surface area (Å²) in [4.78, 5) is 15.1. The van der Waals surface area contributed by atoms with Crippen LogP contribution >= 0.6 is 11.6 Å². The standard InChI is InChI=1S/C25H32ClN5O3/c1-2-24-27-30(25(32)29(24)15-19-34-23-10-4-3-5-11-23)12-7-16-31(33)17-13-28(14-18-31)22-9-6-8-21(26)20-22/h3-6,8-11,20H,2,7,12-19H2,1H3. The Morgan fingerprint density at radius 2 is 1.85 bits per heavy atom. The molecule has 0 amide bonds. The lowest BCUT2D eigenvalue weighted by atomic mass is 10.2. The molecule has 1 fully saturated rings. The highest BCUT2D eigenvalue weighted by molar-refractivity contribution is 6.30. The van der Waals surface area contributed by atoms with Gasteiger partial charge in [-0.3, -0.25) is 4.57 Å². The molecule has 0 N–H and O–H groups in total. The highest BCUT2D eigenvalue weighted by atomic mass is 35.5. The summed E-state index contributed by atoms with van der Waals surface area (Å²) >= 11 is 6.10. The number of anilines is 1. The molecule has 0 aliphatic carbocycles. The molecule has 8 nitrogen and oxygen atoms in total. The first-order chi connectivity index (χ1) is 16.5. The number of quaternary nitrogens is 1. The van der Waals surface area contributed by atoms with E-state index in [4.69, 9.17) is 16.3 Å². The number of halogens is 1. The minimum Gasteiger partial charge on any atom is -0.633 e. The van der Waals surface area contributed by atoms with Gasteiger partial charge in [0.05, 0.1) is 45.8 Å². The Morgan fingerprint density at radius 3 is 2.56 bits per heavy atom. The van der Waals surface area contributed by atoms with Gasteiger partial charge >= 0.3 is 5.69 Å². The summed E-state index contributed by atoms with van der Waals surface area (Å²) in [5, 5.41) is 18.4. The van der Waals surface area contributed by atoms with Crippen molar-refractivity contribution in [3.8, 4) is 5.75 Å². The number of nitrogens with zero attached hydrogens (tertiary/aromatic N) is 5. The molecule has 4 rings (SSSR count). The quantitative estimate of drug-likeness (QED) is 0.324. The lowest BCUT2D eigenvalue weighted by molar-refractivity contribution is -0.881. The lowest BCUT2D eigenvalue weighted by Gasteiger charge is -2.48. The molecule has 1 aromatic heterocycles. The first kappa shape index (κ1) is 24.3. The van der Waals surface area contributed by atoms with Crippen LogP contribution in [0.15, 0.2) is 59.4 Å². The molecule has 0 bridgehead atoms. The molecule has 1 aliphatic heterocycles. The average molecular weight is 486 g/mol. The monoisotopic (exact) mass is 485 g/mol. The Hall–Kier alpha value is -2.81. The largest absolute Gasteiger partial charge is 0.633 e. The number of hydrogen-bond acceptors (Lipinski definition) is 5. The van der Waals surface area contributed by atoms with E-state index in [1.165, 1.54) is 4.68 Å². The molecule has 0 unspecified atom stereocenters. The molecule has 0 radical (unpaired) electrons. The van der Waals surface area contributed by atoms with Gasteiger partial charge in [-0.05, 0) is 30.3 Å². The summed E-state index contributed by atoms with van der Waals surface area (Å²) in [5.41, 5.74) is 0.913. The zero-order valence-corrected chi connectivity index (χ0v) is 20.4. The Balaban J connectivity index is 1.28. The fraction of sp³-hybridized carbons (Fsp3) is 0.440. The highest BCUT2D eigenvalue weighted by Gasteiger charge is 2.25. The summed E-state index contributed by atoms with van der Waals surface area (Å²) in [6, 6.07) is 17.3. The second-order valence-electron chi connectivity index (χ2n) is 8.64. The molecule has 0 atom stereocenters. The van der Waals surface area contributed by atoms with Crippen molar-refractivity contribution < 1.29 is 9.38 Å². The number of piperazine rings is 1. The van der Waals surface area contributed by atoms with Crippen molar-refractivity contribution in [3.05, 3.63) is 81.1 Å². The molecule has 2 heterocycles. The number of rotatable bonds is 10. The molecule has 0 saturated carbocycles. The SMILES string of the molecule is CCc1nn(CCC[N+]2([O-])CCN(c3cccc(Cl)c3)CC2)c(=O)n1CCOc1ccccc1. The maximum atomic E-state index is 13.2. The number of benzene rings is 2. The van der Waals surface area contributed by atoms with Crippen LogP contribution in [0.1, 0.15) is 19.2 Å². The fourth-order valence-corrected chi connectivity index (χ4v) is 4.57. The van der Waals surface area contributed by atoms with Crippen molar-refractivity contribution in [1.82, 2.24) is 14.3 Å². The third-order valence-electron chi connectivity index (χ3n) is 6.31. The second kappa shape index (κ2) is 11.1. The van der Waals surface area contributed by atoms with E-state index in [0.29, 0.717) is 70.3 Å². The van der Waals surface area contributed by atoms with Gasteiger partial charge in [-0.25, -0.2) is 9.48 Å². The van der Waals surface area contributed by atoms with Crippen molar-refractivity contribution in [2.24, 2.45) is 0 Å². The third kappa shape index (κ3) is 6.00. The molecule has 0 spiro atoms. The molecular weight excluding hydrogens is 454 g/mol. The smallest absolute Gasteiger partial charge is 0.346 e. The van der Waals surface area contributed by atoms with Gasteiger partial charge in [0.1, 0.15) is 18.2 Å². The van der Waals surface area contributed by atoms with Crippen molar-refractivity contribution in [1.29, 1.82) is 0 Å². The summed E-state index contributed by atoms with van der Waals surface area (Å²) in [5.74, 6) is 1.52. The van der Waals surface area contributed by atoms with Crippen molar-refractivity contribution in [3.63, 3.8) is 0 Å². The molecule has 9 heteroatoms. The Morgan fingerprint density at radius 1 is 1.09 bits per heavy atom. The van der Waals surface area contributed by atoms with Crippen molar-refractivity contribution in [2.75, 3.05) is 44.2 Å². The molecule has 182 valence electrons. The van der Waals surface area contributed by atoms with Gasteiger partial charge < -0.3 is 19.5 Å². The van der Waals surface area contributed by atoms with Gasteiger partial charge in [-0.1, -0.05) is 42.8 Å². The molecule has 2 aromatic carbocycles. The van der Waals surface area contributed by atoms with Gasteiger partial charge in [0, 0.05) is 23.6 Å². The number of hydrogen-bond donors (Lipinski definition) is 0. The minimum atomic E-state index is -0.238. The summed E-state index contributed by atoms with van der Waals surface area (Å²) in [6.45, 7) is 6.17.